The molecule has 3 nitrogen and oxygen atoms in total. The molecule has 2 heterocycles. The summed E-state index contributed by atoms with van der Waals surface area (Å²) in [4.78, 5) is 4.77. The van der Waals surface area contributed by atoms with Crippen molar-refractivity contribution in [3.8, 4) is 6.07 Å². The minimum absolute atomic E-state index is 0.239. The van der Waals surface area contributed by atoms with Crippen LogP contribution in [0.5, 0.6) is 0 Å². The van der Waals surface area contributed by atoms with Crippen LogP contribution in [0.15, 0.2) is 35.9 Å². The lowest BCUT2D eigenvalue weighted by atomic mass is 9.85. The Balaban J connectivity index is 1.70. The molecule has 122 valence electrons. The molecule has 4 heteroatoms. The van der Waals surface area contributed by atoms with Gasteiger partial charge in [-0.25, -0.2) is 0 Å². The van der Waals surface area contributed by atoms with E-state index in [-0.39, 0.29) is 5.54 Å². The highest BCUT2D eigenvalue weighted by atomic mass is 79.9. The number of likely N-dealkylation sites (tertiary alicyclic amines) is 2. The van der Waals surface area contributed by atoms with Crippen LogP contribution in [0.2, 0.25) is 0 Å². The Bertz CT molecular complexity index is 599. The maximum Gasteiger partial charge on any atom is 0.111 e. The van der Waals surface area contributed by atoms with E-state index in [0.717, 1.165) is 51.9 Å². The second kappa shape index (κ2) is 7.17. The molecule has 0 aliphatic carbocycles. The van der Waals surface area contributed by atoms with Crippen molar-refractivity contribution in [3.05, 3.63) is 41.5 Å². The van der Waals surface area contributed by atoms with Crippen LogP contribution in [0.25, 0.3) is 4.48 Å². The molecule has 0 N–H and O–H groups in total. The van der Waals surface area contributed by atoms with Crippen molar-refractivity contribution in [3.63, 3.8) is 0 Å². The number of benzene rings is 1. The number of halogens is 1. The maximum atomic E-state index is 9.80. The molecule has 0 radical (unpaired) electrons. The van der Waals surface area contributed by atoms with E-state index in [1.807, 2.05) is 6.07 Å². The van der Waals surface area contributed by atoms with Gasteiger partial charge in [-0.15, -0.1) is 0 Å². The van der Waals surface area contributed by atoms with Gasteiger partial charge in [0.05, 0.1) is 6.07 Å². The minimum Gasteiger partial charge on any atom is -0.306 e. The van der Waals surface area contributed by atoms with Crippen LogP contribution in [-0.2, 0) is 0 Å². The van der Waals surface area contributed by atoms with Crippen molar-refractivity contribution in [2.75, 3.05) is 33.2 Å². The van der Waals surface area contributed by atoms with E-state index in [4.69, 9.17) is 0 Å². The fourth-order valence-electron chi connectivity index (χ4n) is 3.70. The fourth-order valence-corrected chi connectivity index (χ4v) is 4.36. The largest absolute Gasteiger partial charge is 0.306 e. The van der Waals surface area contributed by atoms with E-state index in [2.05, 4.69) is 63.1 Å². The quantitative estimate of drug-likeness (QED) is 0.787. The molecule has 1 aromatic rings. The van der Waals surface area contributed by atoms with Crippen molar-refractivity contribution in [2.45, 2.75) is 31.2 Å². The molecule has 0 aromatic heterocycles. The average Bonchev–Trinajstić information content (AvgIpc) is 2.63. The molecule has 0 unspecified atom stereocenters. The summed E-state index contributed by atoms with van der Waals surface area (Å²) < 4.78 is 1.24. The molecule has 2 fully saturated rings. The predicted molar refractivity (Wildman–Crippen MR) is 98.2 cm³/mol. The van der Waals surface area contributed by atoms with E-state index in [1.165, 1.54) is 15.6 Å². The first-order valence-electron chi connectivity index (χ1n) is 8.42. The lowest BCUT2D eigenvalue weighted by molar-refractivity contribution is 0.0634. The van der Waals surface area contributed by atoms with Gasteiger partial charge >= 0.3 is 0 Å². The lowest BCUT2D eigenvalue weighted by Crippen LogP contribution is -2.55. The summed E-state index contributed by atoms with van der Waals surface area (Å²) in [6.45, 7) is 4.05. The van der Waals surface area contributed by atoms with Gasteiger partial charge in [0.1, 0.15) is 5.54 Å². The van der Waals surface area contributed by atoms with Gasteiger partial charge in [-0.1, -0.05) is 51.8 Å². The SMILES string of the molecule is CN1CCC(C#N)(N2CCC(=C(Br)c3ccccc3)CC2)CC1. The van der Waals surface area contributed by atoms with E-state index in [9.17, 15) is 5.26 Å². The molecule has 0 bridgehead atoms. The van der Waals surface area contributed by atoms with Crippen molar-refractivity contribution in [1.82, 2.24) is 9.80 Å². The normalized spacial score (nSPS) is 22.6. The predicted octanol–water partition coefficient (Wildman–Crippen LogP) is 3.88. The van der Waals surface area contributed by atoms with Gasteiger partial charge in [0.15, 0.2) is 0 Å². The third-order valence-electron chi connectivity index (χ3n) is 5.33. The Morgan fingerprint density at radius 3 is 2.26 bits per heavy atom. The number of hydrogen-bond acceptors (Lipinski definition) is 3. The number of nitriles is 1. The Morgan fingerprint density at radius 1 is 1.09 bits per heavy atom. The van der Waals surface area contributed by atoms with E-state index >= 15 is 0 Å². The van der Waals surface area contributed by atoms with Gasteiger partial charge < -0.3 is 4.90 Å². The minimum atomic E-state index is -0.239. The van der Waals surface area contributed by atoms with Gasteiger partial charge in [-0.3, -0.25) is 4.90 Å². The maximum absolute atomic E-state index is 9.80. The van der Waals surface area contributed by atoms with E-state index < -0.39 is 0 Å². The van der Waals surface area contributed by atoms with Crippen LogP contribution in [0, 0.1) is 11.3 Å². The first kappa shape index (κ1) is 16.7. The van der Waals surface area contributed by atoms with Gasteiger partial charge in [0.25, 0.3) is 0 Å². The molecule has 2 saturated heterocycles. The molecule has 0 saturated carbocycles. The highest BCUT2D eigenvalue weighted by molar-refractivity contribution is 9.15. The summed E-state index contributed by atoms with van der Waals surface area (Å²) in [6, 6.07) is 13.2. The standard InChI is InChI=1S/C19H24BrN3/c1-22-13-9-19(15-21,10-14-22)23-11-7-17(8-12-23)18(20)16-5-3-2-4-6-16/h2-6H,7-14H2,1H3. The van der Waals surface area contributed by atoms with Crippen molar-refractivity contribution in [1.29, 1.82) is 5.26 Å². The van der Waals surface area contributed by atoms with Crippen LogP contribution >= 0.6 is 15.9 Å². The van der Waals surface area contributed by atoms with Crippen molar-refractivity contribution in [2.24, 2.45) is 0 Å². The van der Waals surface area contributed by atoms with Gasteiger partial charge in [-0.2, -0.15) is 5.26 Å². The first-order chi connectivity index (χ1) is 11.1. The van der Waals surface area contributed by atoms with Crippen LogP contribution in [0.3, 0.4) is 0 Å². The number of nitrogens with zero attached hydrogens (tertiary/aromatic N) is 3. The second-order valence-corrected chi connectivity index (χ2v) is 7.51. The topological polar surface area (TPSA) is 30.3 Å². The molecule has 23 heavy (non-hydrogen) atoms. The Kier molecular flexibility index (Phi) is 5.21. The summed E-state index contributed by atoms with van der Waals surface area (Å²) >= 11 is 3.79. The summed E-state index contributed by atoms with van der Waals surface area (Å²) in [6.07, 6.45) is 4.04. The third kappa shape index (κ3) is 3.52. The van der Waals surface area contributed by atoms with Crippen LogP contribution < -0.4 is 0 Å². The summed E-state index contributed by atoms with van der Waals surface area (Å²) in [5, 5.41) is 9.80. The number of rotatable bonds is 2. The molecule has 2 aliphatic heterocycles. The summed E-state index contributed by atoms with van der Waals surface area (Å²) in [7, 11) is 2.15. The molecule has 3 rings (SSSR count). The monoisotopic (exact) mass is 373 g/mol. The Hall–Kier alpha value is -1.15. The third-order valence-corrected chi connectivity index (χ3v) is 6.35. The molecule has 0 atom stereocenters. The highest BCUT2D eigenvalue weighted by Gasteiger charge is 2.40. The zero-order chi connectivity index (χ0) is 16.3. The molecule has 0 spiro atoms. The molecular formula is C19H24BrN3. The second-order valence-electron chi connectivity index (χ2n) is 6.72. The van der Waals surface area contributed by atoms with Crippen molar-refractivity contribution >= 4 is 20.4 Å². The molecule has 0 amide bonds. The van der Waals surface area contributed by atoms with Crippen LogP contribution in [-0.4, -0.2) is 48.6 Å². The highest BCUT2D eigenvalue weighted by Crippen LogP contribution is 2.35. The number of piperidine rings is 2. The summed E-state index contributed by atoms with van der Waals surface area (Å²) in [5.74, 6) is 0. The van der Waals surface area contributed by atoms with Crippen molar-refractivity contribution < 1.29 is 0 Å². The van der Waals surface area contributed by atoms with E-state index in [1.54, 1.807) is 0 Å². The molecule has 2 aliphatic rings. The smallest absolute Gasteiger partial charge is 0.111 e. The van der Waals surface area contributed by atoms with Gasteiger partial charge in [0, 0.05) is 30.7 Å². The summed E-state index contributed by atoms with van der Waals surface area (Å²) in [5.41, 5.74) is 2.50. The van der Waals surface area contributed by atoms with Crippen LogP contribution in [0.4, 0.5) is 0 Å². The van der Waals surface area contributed by atoms with Gasteiger partial charge in [0.2, 0.25) is 0 Å². The van der Waals surface area contributed by atoms with Gasteiger partial charge in [-0.05, 0) is 38.3 Å². The molecular weight excluding hydrogens is 350 g/mol. The zero-order valence-corrected chi connectivity index (χ0v) is 15.3. The van der Waals surface area contributed by atoms with E-state index in [0.29, 0.717) is 0 Å². The zero-order valence-electron chi connectivity index (χ0n) is 13.8. The molecule has 1 aromatic carbocycles. The fraction of sp³-hybridized carbons (Fsp3) is 0.526. The lowest BCUT2D eigenvalue weighted by Gasteiger charge is -2.45. The number of hydrogen-bond donors (Lipinski definition) is 0. The van der Waals surface area contributed by atoms with Crippen LogP contribution in [0.1, 0.15) is 31.2 Å². The first-order valence-corrected chi connectivity index (χ1v) is 9.22. The Morgan fingerprint density at radius 2 is 1.70 bits per heavy atom. The Labute approximate surface area is 147 Å². The average molecular weight is 374 g/mol.